The zero-order chi connectivity index (χ0) is 16.6. The van der Waals surface area contributed by atoms with Crippen molar-refractivity contribution in [3.63, 3.8) is 0 Å². The number of hydrogen-bond donors (Lipinski definition) is 3. The summed E-state index contributed by atoms with van der Waals surface area (Å²) < 4.78 is 0. The van der Waals surface area contributed by atoms with E-state index in [0.717, 1.165) is 19.3 Å². The Balaban J connectivity index is 3.28. The minimum Gasteiger partial charge on any atom is -0.393 e. The lowest BCUT2D eigenvalue weighted by molar-refractivity contribution is -0.137. The van der Waals surface area contributed by atoms with Crippen molar-refractivity contribution in [2.45, 2.75) is 103 Å². The molecular formula is C18H36O4. The number of Topliss-reactive ketones (excluding diaryl/α,β-unsaturated/α-hetero) is 1. The van der Waals surface area contributed by atoms with Gasteiger partial charge in [-0.2, -0.15) is 0 Å². The predicted molar refractivity (Wildman–Crippen MR) is 89.8 cm³/mol. The number of carbonyl (C=O) groups excluding carboxylic acids is 1. The highest BCUT2D eigenvalue weighted by Gasteiger charge is 2.21. The quantitative estimate of drug-likeness (QED) is 0.382. The molecule has 0 bridgehead atoms. The molecule has 0 rings (SSSR count). The van der Waals surface area contributed by atoms with Crippen LogP contribution in [0.1, 0.15) is 90.4 Å². The number of aliphatic hydroxyl groups excluding tert-OH is 3. The van der Waals surface area contributed by atoms with Gasteiger partial charge in [-0.05, 0) is 6.42 Å². The largest absolute Gasteiger partial charge is 0.393 e. The van der Waals surface area contributed by atoms with Crippen LogP contribution in [0.2, 0.25) is 0 Å². The van der Waals surface area contributed by atoms with E-state index >= 15 is 0 Å². The van der Waals surface area contributed by atoms with E-state index < -0.39 is 24.6 Å². The molecule has 0 aromatic rings. The van der Waals surface area contributed by atoms with Gasteiger partial charge in [0.2, 0.25) is 0 Å². The van der Waals surface area contributed by atoms with E-state index in [0.29, 0.717) is 6.42 Å². The zero-order valence-electron chi connectivity index (χ0n) is 14.3. The van der Waals surface area contributed by atoms with Gasteiger partial charge < -0.3 is 15.3 Å². The smallest absolute Gasteiger partial charge is 0.191 e. The van der Waals surface area contributed by atoms with Crippen LogP contribution in [0.4, 0.5) is 0 Å². The Hall–Kier alpha value is -0.450. The molecule has 0 aliphatic heterocycles. The normalized spacial score (nSPS) is 14.0. The number of hydrogen-bond acceptors (Lipinski definition) is 4. The molecule has 0 fully saturated rings. The number of unbranched alkanes of at least 4 members (excludes halogenated alkanes) is 11. The summed E-state index contributed by atoms with van der Waals surface area (Å²) in [5.74, 6) is -0.662. The lowest BCUT2D eigenvalue weighted by atomic mass is 10.0. The molecule has 3 N–H and O–H groups in total. The average Bonchev–Trinajstić information content (AvgIpc) is 2.54. The van der Waals surface area contributed by atoms with Gasteiger partial charge in [-0.3, -0.25) is 4.79 Å². The highest BCUT2D eigenvalue weighted by molar-refractivity contribution is 5.86. The van der Waals surface area contributed by atoms with Crippen LogP contribution in [0, 0.1) is 0 Å². The molecule has 2 atom stereocenters. The number of ketones is 1. The van der Waals surface area contributed by atoms with Crippen molar-refractivity contribution >= 4 is 5.78 Å². The maximum absolute atomic E-state index is 11.3. The Morgan fingerprint density at radius 1 is 0.727 bits per heavy atom. The topological polar surface area (TPSA) is 77.8 Å². The molecule has 4 nitrogen and oxygen atoms in total. The maximum Gasteiger partial charge on any atom is 0.191 e. The highest BCUT2D eigenvalue weighted by atomic mass is 16.3. The van der Waals surface area contributed by atoms with Crippen molar-refractivity contribution in [2.75, 3.05) is 6.61 Å². The summed E-state index contributed by atoms with van der Waals surface area (Å²) in [5, 5.41) is 27.3. The number of aliphatic hydroxyl groups is 3. The van der Waals surface area contributed by atoms with E-state index in [2.05, 4.69) is 6.92 Å². The molecule has 132 valence electrons. The van der Waals surface area contributed by atoms with Crippen LogP contribution in [0.25, 0.3) is 0 Å². The van der Waals surface area contributed by atoms with E-state index in [-0.39, 0.29) is 0 Å². The van der Waals surface area contributed by atoms with Crippen molar-refractivity contribution in [1.29, 1.82) is 0 Å². The summed E-state index contributed by atoms with van der Waals surface area (Å²) in [7, 11) is 0. The van der Waals surface area contributed by atoms with Crippen molar-refractivity contribution in [3.8, 4) is 0 Å². The Morgan fingerprint density at radius 2 is 1.14 bits per heavy atom. The summed E-state index contributed by atoms with van der Waals surface area (Å²) in [6.45, 7) is 1.62. The van der Waals surface area contributed by atoms with Gasteiger partial charge in [0.1, 0.15) is 12.2 Å². The summed E-state index contributed by atoms with van der Waals surface area (Å²) >= 11 is 0. The highest BCUT2D eigenvalue weighted by Crippen LogP contribution is 2.13. The number of carbonyl (C=O) groups is 1. The van der Waals surface area contributed by atoms with Crippen LogP contribution in [0.15, 0.2) is 0 Å². The molecule has 0 aromatic carbocycles. The fourth-order valence-electron chi connectivity index (χ4n) is 2.63. The second-order valence-corrected chi connectivity index (χ2v) is 6.29. The van der Waals surface area contributed by atoms with Gasteiger partial charge >= 0.3 is 0 Å². The monoisotopic (exact) mass is 316 g/mol. The van der Waals surface area contributed by atoms with Crippen LogP contribution < -0.4 is 0 Å². The van der Waals surface area contributed by atoms with Gasteiger partial charge in [0.25, 0.3) is 0 Å². The Kier molecular flexibility index (Phi) is 15.1. The minimum absolute atomic E-state index is 0.382. The first-order valence-electron chi connectivity index (χ1n) is 9.14. The molecule has 0 aromatic heterocycles. The summed E-state index contributed by atoms with van der Waals surface area (Å²) in [6, 6.07) is 0. The third-order valence-electron chi connectivity index (χ3n) is 4.16. The van der Waals surface area contributed by atoms with Crippen molar-refractivity contribution in [1.82, 2.24) is 0 Å². The molecule has 0 spiro atoms. The zero-order valence-corrected chi connectivity index (χ0v) is 14.3. The predicted octanol–water partition coefficient (Wildman–Crippen LogP) is 3.36. The molecule has 0 saturated heterocycles. The molecule has 2 unspecified atom stereocenters. The van der Waals surface area contributed by atoms with Gasteiger partial charge in [0.15, 0.2) is 5.78 Å². The van der Waals surface area contributed by atoms with Crippen LogP contribution in [0.5, 0.6) is 0 Å². The second kappa shape index (κ2) is 15.4. The Labute approximate surface area is 135 Å². The lowest BCUT2D eigenvalue weighted by Gasteiger charge is -2.12. The number of rotatable bonds is 16. The van der Waals surface area contributed by atoms with Crippen molar-refractivity contribution < 1.29 is 20.1 Å². The fourth-order valence-corrected chi connectivity index (χ4v) is 2.63. The molecule has 0 heterocycles. The molecular weight excluding hydrogens is 280 g/mol. The van der Waals surface area contributed by atoms with Crippen LogP contribution in [-0.4, -0.2) is 39.9 Å². The van der Waals surface area contributed by atoms with Gasteiger partial charge in [-0.1, -0.05) is 84.0 Å². The average molecular weight is 316 g/mol. The first kappa shape index (κ1) is 21.6. The van der Waals surface area contributed by atoms with Crippen molar-refractivity contribution in [3.05, 3.63) is 0 Å². The lowest BCUT2D eigenvalue weighted by Crippen LogP contribution is -2.34. The van der Waals surface area contributed by atoms with E-state index in [4.69, 9.17) is 10.2 Å². The van der Waals surface area contributed by atoms with E-state index in [1.165, 1.54) is 57.8 Å². The van der Waals surface area contributed by atoms with Gasteiger partial charge in [0.05, 0.1) is 6.61 Å². The SMILES string of the molecule is CCCCCCCCCCCCCCC(O)C(=O)C(O)CO. The van der Waals surface area contributed by atoms with Crippen LogP contribution >= 0.6 is 0 Å². The van der Waals surface area contributed by atoms with E-state index in [1.54, 1.807) is 0 Å². The molecule has 0 amide bonds. The molecule has 4 heteroatoms. The standard InChI is InChI=1S/C18H36O4/c1-2-3-4-5-6-7-8-9-10-11-12-13-14-16(20)18(22)17(21)15-19/h16-17,19-21H,2-15H2,1H3. The summed E-state index contributed by atoms with van der Waals surface area (Å²) in [5.41, 5.74) is 0. The van der Waals surface area contributed by atoms with Gasteiger partial charge in [0, 0.05) is 0 Å². The Bertz CT molecular complexity index is 255. The van der Waals surface area contributed by atoms with Crippen LogP contribution in [0.3, 0.4) is 0 Å². The third-order valence-corrected chi connectivity index (χ3v) is 4.16. The molecule has 0 saturated carbocycles. The van der Waals surface area contributed by atoms with E-state index in [9.17, 15) is 9.90 Å². The van der Waals surface area contributed by atoms with Crippen LogP contribution in [-0.2, 0) is 4.79 Å². The van der Waals surface area contributed by atoms with E-state index in [1.807, 2.05) is 0 Å². The molecule has 22 heavy (non-hydrogen) atoms. The van der Waals surface area contributed by atoms with Gasteiger partial charge in [-0.15, -0.1) is 0 Å². The minimum atomic E-state index is -1.44. The maximum atomic E-state index is 11.3. The third kappa shape index (κ3) is 12.1. The fraction of sp³-hybridized carbons (Fsp3) is 0.944. The summed E-state index contributed by atoms with van der Waals surface area (Å²) in [6.07, 6.45) is 12.7. The second-order valence-electron chi connectivity index (χ2n) is 6.29. The van der Waals surface area contributed by atoms with Crippen molar-refractivity contribution in [2.24, 2.45) is 0 Å². The molecule has 0 aliphatic carbocycles. The summed E-state index contributed by atoms with van der Waals surface area (Å²) in [4.78, 5) is 11.3. The van der Waals surface area contributed by atoms with Gasteiger partial charge in [-0.25, -0.2) is 0 Å². The first-order valence-corrected chi connectivity index (χ1v) is 9.14. The first-order chi connectivity index (χ1) is 10.6. The molecule has 0 radical (unpaired) electrons. The molecule has 0 aliphatic rings. The Morgan fingerprint density at radius 3 is 1.55 bits per heavy atom.